The summed E-state index contributed by atoms with van der Waals surface area (Å²) in [7, 11) is 1.51. The molecule has 2 fully saturated rings. The van der Waals surface area contributed by atoms with Crippen molar-refractivity contribution in [1.29, 1.82) is 0 Å². The molecule has 5 rings (SSSR count). The molecule has 2 aromatic rings. The largest absolute Gasteiger partial charge is 0.427 e. The molecular weight excluding hydrogens is 467 g/mol. The zero-order valence-electron chi connectivity index (χ0n) is 20.0. The number of hydrogen-bond acceptors (Lipinski definition) is 5. The molecule has 1 spiro atoms. The molecule has 5 amide bonds. The smallest absolute Gasteiger partial charge is 0.418 e. The van der Waals surface area contributed by atoms with Gasteiger partial charge in [-0.1, -0.05) is 18.2 Å². The molecule has 2 aliphatic heterocycles. The number of nitrogens with zero attached hydrogens (tertiary/aromatic N) is 2. The van der Waals surface area contributed by atoms with Crippen LogP contribution in [0.4, 0.5) is 19.7 Å². The minimum Gasteiger partial charge on any atom is -0.427 e. The maximum absolute atomic E-state index is 13.5. The van der Waals surface area contributed by atoms with E-state index in [-0.39, 0.29) is 36.3 Å². The predicted molar refractivity (Wildman–Crippen MR) is 127 cm³/mol. The summed E-state index contributed by atoms with van der Waals surface area (Å²) in [5.41, 5.74) is 1.26. The fourth-order valence-electron chi connectivity index (χ4n) is 5.56. The normalized spacial score (nSPS) is 24.8. The maximum Gasteiger partial charge on any atom is 0.418 e. The summed E-state index contributed by atoms with van der Waals surface area (Å²) < 4.78 is 19.1. The Hall–Kier alpha value is -3.95. The van der Waals surface area contributed by atoms with Crippen molar-refractivity contribution in [3.05, 3.63) is 65.0 Å². The van der Waals surface area contributed by atoms with E-state index in [1.807, 2.05) is 6.92 Å². The molecule has 2 aromatic carbocycles. The van der Waals surface area contributed by atoms with E-state index in [0.29, 0.717) is 24.1 Å². The van der Waals surface area contributed by atoms with Crippen LogP contribution in [0, 0.1) is 5.82 Å². The Morgan fingerprint density at radius 3 is 2.61 bits per heavy atom. The molecule has 1 aliphatic carbocycles. The van der Waals surface area contributed by atoms with Crippen molar-refractivity contribution >= 4 is 29.6 Å². The van der Waals surface area contributed by atoms with E-state index in [1.165, 1.54) is 19.2 Å². The second kappa shape index (κ2) is 8.92. The molecular formula is C26H27FN4O5. The minimum absolute atomic E-state index is 0.0892. The number of carbonyl (C=O) groups excluding carboxylic acids is 4. The molecule has 36 heavy (non-hydrogen) atoms. The quantitative estimate of drug-likeness (QED) is 0.677. The fraction of sp³-hybridized carbons (Fsp3) is 0.385. The first-order valence-electron chi connectivity index (χ1n) is 12.0. The number of rotatable bonds is 4. The lowest BCUT2D eigenvalue weighted by atomic mass is 9.94. The van der Waals surface area contributed by atoms with Gasteiger partial charge in [-0.3, -0.25) is 9.59 Å². The number of ether oxygens (including phenoxy) is 1. The third-order valence-corrected chi connectivity index (χ3v) is 7.35. The summed E-state index contributed by atoms with van der Waals surface area (Å²) >= 11 is 0. The van der Waals surface area contributed by atoms with Crippen molar-refractivity contribution in [2.75, 3.05) is 18.9 Å². The van der Waals surface area contributed by atoms with Crippen LogP contribution in [0.15, 0.2) is 42.5 Å². The van der Waals surface area contributed by atoms with Crippen molar-refractivity contribution in [2.45, 2.75) is 50.3 Å². The molecule has 2 heterocycles. The predicted octanol–water partition coefficient (Wildman–Crippen LogP) is 3.45. The van der Waals surface area contributed by atoms with Crippen molar-refractivity contribution < 1.29 is 28.3 Å². The average molecular weight is 495 g/mol. The monoisotopic (exact) mass is 494 g/mol. The molecule has 0 radical (unpaired) electrons. The first kappa shape index (κ1) is 23.8. The molecule has 0 aromatic heterocycles. The SMILES string of the molecule is CNC(=O)Nc1ccc2c(c1)CC[C@@]21OC(=O)N(CC(=O)N2C(c3ccc(F)cc3)CC[C@@H]2C)C1=O. The Labute approximate surface area is 207 Å². The standard InChI is InChI=1S/C26H27FN4O5/c1-15-3-10-21(16-4-6-18(27)7-5-16)31(15)22(32)14-30-23(33)26(36-25(30)35)12-11-17-13-19(8-9-20(17)26)29-24(34)28-2/h4-9,13,15,21H,3,10-12,14H2,1-2H3,(H2,28,29,34)/t15-,21?,26+/m0/s1. The summed E-state index contributed by atoms with van der Waals surface area (Å²) in [6.45, 7) is 1.50. The van der Waals surface area contributed by atoms with E-state index < -0.39 is 24.1 Å². The van der Waals surface area contributed by atoms with Gasteiger partial charge in [-0.25, -0.2) is 18.9 Å². The number of urea groups is 1. The number of hydrogen-bond donors (Lipinski definition) is 2. The molecule has 3 aliphatic rings. The second-order valence-corrected chi connectivity index (χ2v) is 9.46. The number of carbonyl (C=O) groups is 4. The van der Waals surface area contributed by atoms with Gasteiger partial charge in [0.25, 0.3) is 5.91 Å². The molecule has 1 unspecified atom stereocenters. The highest BCUT2D eigenvalue weighted by atomic mass is 19.1. The summed E-state index contributed by atoms with van der Waals surface area (Å²) in [6, 6.07) is 10.4. The zero-order valence-corrected chi connectivity index (χ0v) is 20.0. The second-order valence-electron chi connectivity index (χ2n) is 9.46. The van der Waals surface area contributed by atoms with E-state index in [2.05, 4.69) is 10.6 Å². The van der Waals surface area contributed by atoms with Crippen LogP contribution in [0.1, 0.15) is 48.9 Å². The molecule has 9 nitrogen and oxygen atoms in total. The van der Waals surface area contributed by atoms with Crippen LogP contribution < -0.4 is 10.6 Å². The van der Waals surface area contributed by atoms with Gasteiger partial charge in [0.15, 0.2) is 0 Å². The number of amides is 5. The third-order valence-electron chi connectivity index (χ3n) is 7.35. The fourth-order valence-corrected chi connectivity index (χ4v) is 5.56. The van der Waals surface area contributed by atoms with Crippen molar-refractivity contribution in [3.8, 4) is 0 Å². The number of nitrogens with one attached hydrogen (secondary N) is 2. The molecule has 0 saturated carbocycles. The Kier molecular flexibility index (Phi) is 5.89. The van der Waals surface area contributed by atoms with Crippen LogP contribution in [0.25, 0.3) is 0 Å². The first-order chi connectivity index (χ1) is 17.2. The van der Waals surface area contributed by atoms with Crippen LogP contribution in [0.3, 0.4) is 0 Å². The number of benzene rings is 2. The van der Waals surface area contributed by atoms with Crippen LogP contribution in [-0.2, 0) is 26.3 Å². The third kappa shape index (κ3) is 3.86. The summed E-state index contributed by atoms with van der Waals surface area (Å²) in [5.74, 6) is -1.27. The Bertz CT molecular complexity index is 1250. The molecule has 10 heteroatoms. The topological polar surface area (TPSA) is 108 Å². The van der Waals surface area contributed by atoms with Gasteiger partial charge in [0.1, 0.15) is 12.4 Å². The number of likely N-dealkylation sites (tertiary alicyclic amines) is 1. The van der Waals surface area contributed by atoms with E-state index in [1.54, 1.807) is 35.2 Å². The summed E-state index contributed by atoms with van der Waals surface area (Å²) in [4.78, 5) is 53.9. The van der Waals surface area contributed by atoms with E-state index >= 15 is 0 Å². The van der Waals surface area contributed by atoms with E-state index in [9.17, 15) is 23.6 Å². The molecule has 2 N–H and O–H groups in total. The van der Waals surface area contributed by atoms with Gasteiger partial charge in [0.2, 0.25) is 11.5 Å². The maximum atomic E-state index is 13.5. The van der Waals surface area contributed by atoms with E-state index in [0.717, 1.165) is 22.4 Å². The zero-order chi connectivity index (χ0) is 25.6. The molecule has 2 saturated heterocycles. The average Bonchev–Trinajstić information content (AvgIpc) is 3.49. The highest BCUT2D eigenvalue weighted by Gasteiger charge is 2.58. The van der Waals surface area contributed by atoms with Gasteiger partial charge in [-0.15, -0.1) is 0 Å². The number of halogens is 1. The van der Waals surface area contributed by atoms with Gasteiger partial charge in [0, 0.05) is 30.8 Å². The molecule has 188 valence electrons. The molecule has 0 bridgehead atoms. The lowest BCUT2D eigenvalue weighted by Crippen LogP contribution is -2.46. The van der Waals surface area contributed by atoms with Crippen LogP contribution in [0.5, 0.6) is 0 Å². The first-order valence-corrected chi connectivity index (χ1v) is 12.0. The van der Waals surface area contributed by atoms with E-state index in [4.69, 9.17) is 4.74 Å². The summed E-state index contributed by atoms with van der Waals surface area (Å²) in [5, 5.41) is 5.16. The Balaban J connectivity index is 1.35. The Morgan fingerprint density at radius 2 is 1.89 bits per heavy atom. The van der Waals surface area contributed by atoms with Crippen molar-refractivity contribution in [1.82, 2.24) is 15.1 Å². The van der Waals surface area contributed by atoms with Gasteiger partial charge < -0.3 is 20.3 Å². The van der Waals surface area contributed by atoms with Crippen LogP contribution in [-0.4, -0.2) is 53.4 Å². The summed E-state index contributed by atoms with van der Waals surface area (Å²) in [6.07, 6.45) is 1.37. The number of anilines is 1. The number of fused-ring (bicyclic) bond motifs is 2. The number of aryl methyl sites for hydroxylation is 1. The van der Waals surface area contributed by atoms with Gasteiger partial charge >= 0.3 is 12.1 Å². The lowest BCUT2D eigenvalue weighted by molar-refractivity contribution is -0.143. The van der Waals surface area contributed by atoms with Crippen LogP contribution in [0.2, 0.25) is 0 Å². The van der Waals surface area contributed by atoms with Gasteiger partial charge in [0.05, 0.1) is 6.04 Å². The van der Waals surface area contributed by atoms with Crippen molar-refractivity contribution in [3.63, 3.8) is 0 Å². The molecule has 3 atom stereocenters. The van der Waals surface area contributed by atoms with Crippen molar-refractivity contribution in [2.24, 2.45) is 0 Å². The highest BCUT2D eigenvalue weighted by Crippen LogP contribution is 2.46. The Morgan fingerprint density at radius 1 is 1.14 bits per heavy atom. The number of imide groups is 1. The minimum atomic E-state index is -1.47. The van der Waals surface area contributed by atoms with Gasteiger partial charge in [-0.05, 0) is 61.6 Å². The van der Waals surface area contributed by atoms with Crippen LogP contribution >= 0.6 is 0 Å². The lowest BCUT2D eigenvalue weighted by Gasteiger charge is -2.30. The highest BCUT2D eigenvalue weighted by molar-refractivity contribution is 6.06. The van der Waals surface area contributed by atoms with Gasteiger partial charge in [-0.2, -0.15) is 0 Å².